The third-order valence-electron chi connectivity index (χ3n) is 5.10. The van der Waals surface area contributed by atoms with Crippen LogP contribution in [0, 0.1) is 17.6 Å². The van der Waals surface area contributed by atoms with Crippen molar-refractivity contribution in [2.75, 3.05) is 0 Å². The zero-order chi connectivity index (χ0) is 20.3. The number of amides is 1. The average Bonchev–Trinajstić information content (AvgIpc) is 3.00. The molecule has 28 heavy (non-hydrogen) atoms. The van der Waals surface area contributed by atoms with Gasteiger partial charge < -0.3 is 5.32 Å². The lowest BCUT2D eigenvalue weighted by Gasteiger charge is -2.31. The van der Waals surface area contributed by atoms with Crippen molar-refractivity contribution in [3.8, 4) is 11.4 Å². The molecule has 1 aromatic carbocycles. The molecule has 2 atom stereocenters. The van der Waals surface area contributed by atoms with Crippen LogP contribution in [0.4, 0.5) is 13.2 Å². The van der Waals surface area contributed by atoms with E-state index >= 15 is 0 Å². The van der Waals surface area contributed by atoms with E-state index in [2.05, 4.69) is 15.5 Å². The summed E-state index contributed by atoms with van der Waals surface area (Å²) >= 11 is 5.26. The largest absolute Gasteiger partial charge is 0.391 e. The molecule has 3 rings (SSSR count). The number of carbonyl (C=O) groups is 1. The summed E-state index contributed by atoms with van der Waals surface area (Å²) in [6.45, 7) is 2.28. The van der Waals surface area contributed by atoms with Crippen molar-refractivity contribution < 1.29 is 18.0 Å². The Bertz CT molecular complexity index is 890. The number of benzene rings is 1. The lowest BCUT2D eigenvalue weighted by atomic mass is 9.85. The molecule has 1 aromatic heterocycles. The number of aryl methyl sites for hydroxylation is 1. The van der Waals surface area contributed by atoms with Crippen molar-refractivity contribution in [2.45, 2.75) is 57.8 Å². The molecular formula is C19H23F3N4OS. The molecule has 1 amide bonds. The summed E-state index contributed by atoms with van der Waals surface area (Å²) in [6.07, 6.45) is -2.93. The second-order valence-corrected chi connectivity index (χ2v) is 7.68. The third kappa shape index (κ3) is 5.01. The van der Waals surface area contributed by atoms with Gasteiger partial charge in [-0.15, -0.1) is 0 Å². The highest BCUT2D eigenvalue weighted by atomic mass is 32.1. The minimum atomic E-state index is -4.20. The Kier molecular flexibility index (Phi) is 6.22. The molecule has 5 nitrogen and oxygen atoms in total. The number of nitrogens with zero attached hydrogens (tertiary/aromatic N) is 2. The van der Waals surface area contributed by atoms with Crippen LogP contribution in [-0.4, -0.2) is 32.9 Å². The van der Waals surface area contributed by atoms with Gasteiger partial charge in [0.05, 0.1) is 5.92 Å². The fourth-order valence-corrected chi connectivity index (χ4v) is 3.88. The molecule has 0 radical (unpaired) electrons. The summed E-state index contributed by atoms with van der Waals surface area (Å²) in [6, 6.07) is 7.34. The fraction of sp³-hybridized carbons (Fsp3) is 0.526. The van der Waals surface area contributed by atoms with E-state index in [1.165, 1.54) is 0 Å². The van der Waals surface area contributed by atoms with Gasteiger partial charge in [-0.05, 0) is 44.5 Å². The number of hydrogen-bond acceptors (Lipinski definition) is 3. The first-order valence-electron chi connectivity index (χ1n) is 9.32. The molecule has 9 heteroatoms. The summed E-state index contributed by atoms with van der Waals surface area (Å²) in [7, 11) is 0. The van der Waals surface area contributed by atoms with Crippen molar-refractivity contribution in [1.82, 2.24) is 20.1 Å². The summed E-state index contributed by atoms with van der Waals surface area (Å²) in [5.74, 6) is -0.968. The van der Waals surface area contributed by atoms with Gasteiger partial charge >= 0.3 is 6.18 Å². The molecule has 0 unspecified atom stereocenters. The van der Waals surface area contributed by atoms with Crippen LogP contribution >= 0.6 is 12.2 Å². The zero-order valence-electron chi connectivity index (χ0n) is 15.6. The van der Waals surface area contributed by atoms with E-state index in [1.54, 1.807) is 4.57 Å². The quantitative estimate of drug-likeness (QED) is 0.709. The maximum atomic E-state index is 12.9. The van der Waals surface area contributed by atoms with Gasteiger partial charge in [-0.25, -0.2) is 0 Å². The molecule has 1 fully saturated rings. The Labute approximate surface area is 166 Å². The first kappa shape index (κ1) is 20.6. The molecule has 1 heterocycles. The van der Waals surface area contributed by atoms with E-state index in [0.29, 0.717) is 30.0 Å². The van der Waals surface area contributed by atoms with Gasteiger partial charge in [0.2, 0.25) is 5.91 Å². The number of halogens is 3. The van der Waals surface area contributed by atoms with Gasteiger partial charge in [0.25, 0.3) is 0 Å². The molecule has 1 saturated carbocycles. The Balaban J connectivity index is 1.61. The Hall–Kier alpha value is -2.16. The maximum absolute atomic E-state index is 12.9. The molecule has 0 spiro atoms. The molecule has 1 aliphatic rings. The molecule has 0 bridgehead atoms. The van der Waals surface area contributed by atoms with Crippen LogP contribution in [-0.2, 0) is 11.3 Å². The summed E-state index contributed by atoms with van der Waals surface area (Å²) in [4.78, 5) is 12.3. The minimum Gasteiger partial charge on any atom is -0.353 e. The van der Waals surface area contributed by atoms with Crippen LogP contribution in [0.2, 0.25) is 0 Å². The van der Waals surface area contributed by atoms with E-state index < -0.39 is 18.1 Å². The van der Waals surface area contributed by atoms with Crippen LogP contribution in [0.25, 0.3) is 11.4 Å². The smallest absolute Gasteiger partial charge is 0.353 e. The van der Waals surface area contributed by atoms with Crippen LogP contribution in [0.1, 0.15) is 37.7 Å². The van der Waals surface area contributed by atoms with Crippen LogP contribution < -0.4 is 5.32 Å². The lowest BCUT2D eigenvalue weighted by Crippen LogP contribution is -2.41. The standard InChI is InChI=1S/C19H23F3N4OS/c1-12-4-2-5-13(10-12)17-24-25-18(28)26(17)9-8-16(27)23-15-7-3-6-14(11-15)19(20,21)22/h2,4-5,10,14-15H,3,6-9,11H2,1H3,(H,23,27)(H,25,28)/t14-,15+/m1/s1. The predicted octanol–water partition coefficient (Wildman–Crippen LogP) is 4.54. The van der Waals surface area contributed by atoms with Gasteiger partial charge in [-0.1, -0.05) is 30.2 Å². The number of aromatic nitrogens is 3. The second kappa shape index (κ2) is 8.46. The summed E-state index contributed by atoms with van der Waals surface area (Å²) in [5.41, 5.74) is 1.96. The fourth-order valence-electron chi connectivity index (χ4n) is 3.66. The minimum absolute atomic E-state index is 0.0467. The van der Waals surface area contributed by atoms with E-state index in [4.69, 9.17) is 12.2 Å². The van der Waals surface area contributed by atoms with Crippen LogP contribution in [0.5, 0.6) is 0 Å². The van der Waals surface area contributed by atoms with E-state index in [0.717, 1.165) is 11.1 Å². The monoisotopic (exact) mass is 412 g/mol. The van der Waals surface area contributed by atoms with Crippen LogP contribution in [0.3, 0.4) is 0 Å². The van der Waals surface area contributed by atoms with Crippen molar-refractivity contribution in [1.29, 1.82) is 0 Å². The molecule has 2 aromatic rings. The summed E-state index contributed by atoms with van der Waals surface area (Å²) in [5, 5.41) is 9.74. The molecule has 0 aliphatic heterocycles. The number of hydrogen-bond donors (Lipinski definition) is 2. The SMILES string of the molecule is Cc1cccc(-c2n[nH]c(=S)n2CCC(=O)N[C@H]2CCC[C@@H](C(F)(F)F)C2)c1. The molecule has 152 valence electrons. The van der Waals surface area contributed by atoms with Crippen molar-refractivity contribution in [2.24, 2.45) is 5.92 Å². The van der Waals surface area contributed by atoms with Crippen molar-refractivity contribution in [3.63, 3.8) is 0 Å². The number of carbonyl (C=O) groups excluding carboxylic acids is 1. The Morgan fingerprint density at radius 2 is 2.18 bits per heavy atom. The Morgan fingerprint density at radius 1 is 1.39 bits per heavy atom. The third-order valence-corrected chi connectivity index (χ3v) is 5.41. The average molecular weight is 412 g/mol. The van der Waals surface area contributed by atoms with Crippen molar-refractivity contribution >= 4 is 18.1 Å². The van der Waals surface area contributed by atoms with E-state index in [-0.39, 0.29) is 25.2 Å². The predicted molar refractivity (Wildman–Crippen MR) is 102 cm³/mol. The topological polar surface area (TPSA) is 62.7 Å². The number of alkyl halides is 3. The highest BCUT2D eigenvalue weighted by molar-refractivity contribution is 7.71. The van der Waals surface area contributed by atoms with Gasteiger partial charge in [0.1, 0.15) is 0 Å². The lowest BCUT2D eigenvalue weighted by molar-refractivity contribution is -0.184. The number of nitrogens with one attached hydrogen (secondary N) is 2. The maximum Gasteiger partial charge on any atom is 0.391 e. The number of H-pyrrole nitrogens is 1. The molecule has 0 saturated heterocycles. The first-order valence-corrected chi connectivity index (χ1v) is 9.73. The van der Waals surface area contributed by atoms with Crippen LogP contribution in [0.15, 0.2) is 24.3 Å². The zero-order valence-corrected chi connectivity index (χ0v) is 16.4. The van der Waals surface area contributed by atoms with Gasteiger partial charge in [-0.2, -0.15) is 18.3 Å². The Morgan fingerprint density at radius 3 is 2.89 bits per heavy atom. The molecule has 2 N–H and O–H groups in total. The number of rotatable bonds is 5. The van der Waals surface area contributed by atoms with Crippen molar-refractivity contribution in [3.05, 3.63) is 34.6 Å². The van der Waals surface area contributed by atoms with Gasteiger partial charge in [-0.3, -0.25) is 14.5 Å². The first-order chi connectivity index (χ1) is 13.2. The van der Waals surface area contributed by atoms with Gasteiger partial charge in [0, 0.05) is 24.6 Å². The highest BCUT2D eigenvalue weighted by Crippen LogP contribution is 2.37. The second-order valence-electron chi connectivity index (χ2n) is 7.29. The molecular weight excluding hydrogens is 389 g/mol. The highest BCUT2D eigenvalue weighted by Gasteiger charge is 2.42. The van der Waals surface area contributed by atoms with E-state index in [9.17, 15) is 18.0 Å². The number of aromatic amines is 1. The summed E-state index contributed by atoms with van der Waals surface area (Å²) < 4.78 is 40.9. The normalized spacial score (nSPS) is 20.1. The molecule has 1 aliphatic carbocycles. The van der Waals surface area contributed by atoms with E-state index in [1.807, 2.05) is 31.2 Å². The van der Waals surface area contributed by atoms with Gasteiger partial charge in [0.15, 0.2) is 10.6 Å².